The first-order chi connectivity index (χ1) is 10.5. The minimum Gasteiger partial charge on any atom is -0.451 e. The first kappa shape index (κ1) is 15.6. The smallest absolute Gasteiger partial charge is 0.349 e. The fourth-order valence-corrected chi connectivity index (χ4v) is 2.22. The largest absolute Gasteiger partial charge is 0.451 e. The second kappa shape index (κ2) is 6.76. The summed E-state index contributed by atoms with van der Waals surface area (Å²) in [6.07, 6.45) is 0. The monoisotopic (exact) mass is 324 g/mol. The second-order valence-corrected chi connectivity index (χ2v) is 5.09. The number of nitrogens with zero attached hydrogens (tertiary/aromatic N) is 1. The zero-order valence-corrected chi connectivity index (χ0v) is 11.8. The van der Waals surface area contributed by atoms with Crippen LogP contribution >= 0.6 is 11.3 Å². The van der Waals surface area contributed by atoms with Gasteiger partial charge >= 0.3 is 11.0 Å². The summed E-state index contributed by atoms with van der Waals surface area (Å²) in [5.74, 6) is -2.00. The molecule has 22 heavy (non-hydrogen) atoms. The lowest BCUT2D eigenvalue weighted by Crippen LogP contribution is -2.20. The highest BCUT2D eigenvalue weighted by Gasteiger charge is 2.17. The minimum absolute atomic E-state index is 0.0188. The predicted octanol–water partition coefficient (Wildman–Crippen LogP) is 2.59. The molecule has 2 rings (SSSR count). The summed E-state index contributed by atoms with van der Waals surface area (Å²) in [7, 11) is 0. The Morgan fingerprint density at radius 1 is 1.32 bits per heavy atom. The summed E-state index contributed by atoms with van der Waals surface area (Å²) in [5, 5.41) is 12.7. The quantitative estimate of drug-likeness (QED) is 0.518. The normalized spacial score (nSPS) is 10.0. The highest BCUT2D eigenvalue weighted by atomic mass is 32.1. The molecule has 0 aliphatic heterocycles. The van der Waals surface area contributed by atoms with Crippen molar-refractivity contribution in [1.29, 1.82) is 0 Å². The zero-order chi connectivity index (χ0) is 16.1. The van der Waals surface area contributed by atoms with E-state index in [0.717, 1.165) is 6.07 Å². The molecule has 0 spiro atoms. The molecule has 7 nitrogen and oxygen atoms in total. The van der Waals surface area contributed by atoms with Crippen LogP contribution in [0.2, 0.25) is 0 Å². The highest BCUT2D eigenvalue weighted by molar-refractivity contribution is 7.17. The van der Waals surface area contributed by atoms with E-state index in [1.54, 1.807) is 0 Å². The molecule has 0 saturated heterocycles. The van der Waals surface area contributed by atoms with Crippen LogP contribution in [0.25, 0.3) is 0 Å². The number of hydrogen-bond acceptors (Lipinski definition) is 6. The molecule has 0 aliphatic rings. The van der Waals surface area contributed by atoms with E-state index < -0.39 is 29.2 Å². The average Bonchev–Trinajstić information content (AvgIpc) is 2.95. The molecule has 1 amide bonds. The van der Waals surface area contributed by atoms with Gasteiger partial charge in [0.1, 0.15) is 10.7 Å². The van der Waals surface area contributed by atoms with Crippen LogP contribution in [0.3, 0.4) is 0 Å². The van der Waals surface area contributed by atoms with Crippen LogP contribution in [-0.4, -0.2) is 23.4 Å². The molecule has 9 heteroatoms. The van der Waals surface area contributed by atoms with Gasteiger partial charge in [-0.05, 0) is 24.3 Å². The number of thiophene rings is 1. The molecule has 0 radical (unpaired) electrons. The first-order valence-corrected chi connectivity index (χ1v) is 6.74. The lowest BCUT2D eigenvalue weighted by atomic mass is 10.3. The van der Waals surface area contributed by atoms with Gasteiger partial charge in [0.05, 0.1) is 4.92 Å². The summed E-state index contributed by atoms with van der Waals surface area (Å²) >= 11 is 0.652. The number of hydrogen-bond donors (Lipinski definition) is 1. The Balaban J connectivity index is 1.87. The molecule has 2 aromatic rings. The average molecular weight is 324 g/mol. The maximum atomic E-state index is 12.9. The molecule has 1 aromatic heterocycles. The topological polar surface area (TPSA) is 98.5 Å². The SMILES string of the molecule is O=C(COC(=O)c1ccc([N+](=O)[O-])s1)Nc1cccc(F)c1. The summed E-state index contributed by atoms with van der Waals surface area (Å²) in [6, 6.07) is 7.65. The van der Waals surface area contributed by atoms with Gasteiger partial charge < -0.3 is 10.1 Å². The van der Waals surface area contributed by atoms with Gasteiger partial charge in [0.15, 0.2) is 6.61 Å². The summed E-state index contributed by atoms with van der Waals surface area (Å²) in [5.41, 5.74) is 0.229. The van der Waals surface area contributed by atoms with Gasteiger partial charge in [-0.25, -0.2) is 9.18 Å². The number of carbonyl (C=O) groups excluding carboxylic acids is 2. The molecule has 1 aromatic carbocycles. The number of esters is 1. The molecule has 0 bridgehead atoms. The van der Waals surface area contributed by atoms with Crippen LogP contribution in [-0.2, 0) is 9.53 Å². The Bertz CT molecular complexity index is 731. The van der Waals surface area contributed by atoms with Crippen molar-refractivity contribution in [2.45, 2.75) is 0 Å². The number of carbonyl (C=O) groups is 2. The number of amides is 1. The Labute approximate surface area is 127 Å². The van der Waals surface area contributed by atoms with Gasteiger partial charge in [0, 0.05) is 11.8 Å². The van der Waals surface area contributed by atoms with Gasteiger partial charge in [0.25, 0.3) is 5.91 Å². The van der Waals surface area contributed by atoms with Crippen molar-refractivity contribution in [2.75, 3.05) is 11.9 Å². The summed E-state index contributed by atoms with van der Waals surface area (Å²) < 4.78 is 17.7. The third kappa shape index (κ3) is 4.09. The molecule has 114 valence electrons. The molecular weight excluding hydrogens is 315 g/mol. The number of rotatable bonds is 5. The van der Waals surface area contributed by atoms with Crippen LogP contribution in [0, 0.1) is 15.9 Å². The zero-order valence-electron chi connectivity index (χ0n) is 10.9. The fraction of sp³-hybridized carbons (Fsp3) is 0.0769. The Morgan fingerprint density at radius 2 is 2.09 bits per heavy atom. The molecule has 1 N–H and O–H groups in total. The van der Waals surface area contributed by atoms with E-state index in [9.17, 15) is 24.1 Å². The molecule has 0 unspecified atom stereocenters. The number of nitrogens with one attached hydrogen (secondary N) is 1. The Kier molecular flexibility index (Phi) is 4.79. The van der Waals surface area contributed by atoms with Gasteiger partial charge in [0.2, 0.25) is 0 Å². The van der Waals surface area contributed by atoms with E-state index in [4.69, 9.17) is 4.74 Å². The van der Waals surface area contributed by atoms with E-state index in [-0.39, 0.29) is 15.6 Å². The van der Waals surface area contributed by atoms with Gasteiger partial charge in [-0.2, -0.15) is 0 Å². The molecule has 0 aliphatic carbocycles. The van der Waals surface area contributed by atoms with Crippen LogP contribution in [0.5, 0.6) is 0 Å². The third-order valence-electron chi connectivity index (χ3n) is 2.42. The second-order valence-electron chi connectivity index (χ2n) is 4.03. The molecule has 0 atom stereocenters. The van der Waals surface area contributed by atoms with Crippen molar-refractivity contribution in [3.8, 4) is 0 Å². The van der Waals surface area contributed by atoms with E-state index >= 15 is 0 Å². The summed E-state index contributed by atoms with van der Waals surface area (Å²) in [4.78, 5) is 33.1. The number of benzene rings is 1. The predicted molar refractivity (Wildman–Crippen MR) is 76.3 cm³/mol. The van der Waals surface area contributed by atoms with Gasteiger partial charge in [-0.3, -0.25) is 14.9 Å². The summed E-state index contributed by atoms with van der Waals surface area (Å²) in [6.45, 7) is -0.582. The minimum atomic E-state index is -0.840. The molecule has 1 heterocycles. The van der Waals surface area contributed by atoms with Crippen molar-refractivity contribution < 1.29 is 23.6 Å². The third-order valence-corrected chi connectivity index (χ3v) is 3.43. The van der Waals surface area contributed by atoms with Crippen molar-refractivity contribution >= 4 is 33.9 Å². The van der Waals surface area contributed by atoms with E-state index in [1.807, 2.05) is 0 Å². The van der Waals surface area contributed by atoms with E-state index in [1.165, 1.54) is 30.3 Å². The van der Waals surface area contributed by atoms with Crippen molar-refractivity contribution in [1.82, 2.24) is 0 Å². The number of ether oxygens (including phenoxy) is 1. The van der Waals surface area contributed by atoms with E-state index in [2.05, 4.69) is 5.32 Å². The molecular formula is C13H9FN2O5S. The number of halogens is 1. The van der Waals surface area contributed by atoms with Crippen LogP contribution in [0.15, 0.2) is 36.4 Å². The van der Waals surface area contributed by atoms with Gasteiger partial charge in [-0.1, -0.05) is 17.4 Å². The highest BCUT2D eigenvalue weighted by Crippen LogP contribution is 2.24. The van der Waals surface area contributed by atoms with Crippen molar-refractivity contribution in [2.24, 2.45) is 0 Å². The molecule has 0 fully saturated rings. The first-order valence-electron chi connectivity index (χ1n) is 5.92. The Hall–Kier alpha value is -2.81. The fourth-order valence-electron chi connectivity index (χ4n) is 1.50. The van der Waals surface area contributed by atoms with Crippen molar-refractivity contribution in [3.63, 3.8) is 0 Å². The van der Waals surface area contributed by atoms with Crippen LogP contribution in [0.1, 0.15) is 9.67 Å². The van der Waals surface area contributed by atoms with Crippen molar-refractivity contribution in [3.05, 3.63) is 57.2 Å². The van der Waals surface area contributed by atoms with Gasteiger partial charge in [-0.15, -0.1) is 0 Å². The molecule has 0 saturated carbocycles. The maximum absolute atomic E-state index is 12.9. The van der Waals surface area contributed by atoms with Crippen LogP contribution < -0.4 is 5.32 Å². The standard InChI is InChI=1S/C13H9FN2O5S/c14-8-2-1-3-9(6-8)15-11(17)7-21-13(18)10-4-5-12(22-10)16(19)20/h1-6H,7H2,(H,15,17). The number of nitro groups is 1. The maximum Gasteiger partial charge on any atom is 0.349 e. The Morgan fingerprint density at radius 3 is 2.73 bits per heavy atom. The number of anilines is 1. The lowest BCUT2D eigenvalue weighted by Gasteiger charge is -2.05. The lowest BCUT2D eigenvalue weighted by molar-refractivity contribution is -0.380. The van der Waals surface area contributed by atoms with E-state index in [0.29, 0.717) is 11.3 Å². The van der Waals surface area contributed by atoms with Crippen LogP contribution in [0.4, 0.5) is 15.1 Å².